The number of hydrogen-bond acceptors (Lipinski definition) is 4. The van der Waals surface area contributed by atoms with Crippen molar-refractivity contribution in [2.75, 3.05) is 33.4 Å². The van der Waals surface area contributed by atoms with Crippen LogP contribution >= 0.6 is 0 Å². The van der Waals surface area contributed by atoms with Crippen LogP contribution in [-0.4, -0.2) is 49.4 Å². The number of carboxylic acid groups (broad SMARTS) is 1. The molecule has 1 aromatic rings. The highest BCUT2D eigenvalue weighted by Gasteiger charge is 2.37. The first-order valence-electron chi connectivity index (χ1n) is 6.86. The number of rotatable bonds is 5. The molecule has 0 radical (unpaired) electrons. The zero-order chi connectivity index (χ0) is 15.5. The van der Waals surface area contributed by atoms with Crippen molar-refractivity contribution < 1.29 is 23.8 Å². The molecule has 1 aliphatic heterocycles. The summed E-state index contributed by atoms with van der Waals surface area (Å²) >= 11 is 0. The first kappa shape index (κ1) is 15.7. The van der Waals surface area contributed by atoms with Crippen LogP contribution in [0.1, 0.15) is 18.9 Å². The van der Waals surface area contributed by atoms with Gasteiger partial charge in [0.15, 0.2) is 11.6 Å². The van der Waals surface area contributed by atoms with Crippen LogP contribution in [0.15, 0.2) is 18.2 Å². The molecule has 0 spiro atoms. The highest BCUT2D eigenvalue weighted by atomic mass is 19.1. The van der Waals surface area contributed by atoms with Gasteiger partial charge in [-0.25, -0.2) is 4.39 Å². The van der Waals surface area contributed by atoms with E-state index < -0.39 is 17.3 Å². The molecular formula is C15H20FNO4. The summed E-state index contributed by atoms with van der Waals surface area (Å²) in [7, 11) is 1.40. The monoisotopic (exact) mass is 297 g/mol. The quantitative estimate of drug-likeness (QED) is 0.899. The Hall–Kier alpha value is -1.66. The van der Waals surface area contributed by atoms with Crippen molar-refractivity contribution in [2.45, 2.75) is 18.9 Å². The van der Waals surface area contributed by atoms with E-state index in [4.69, 9.17) is 9.47 Å². The van der Waals surface area contributed by atoms with Gasteiger partial charge >= 0.3 is 5.97 Å². The van der Waals surface area contributed by atoms with Gasteiger partial charge in [-0.05, 0) is 24.6 Å². The highest BCUT2D eigenvalue weighted by Crippen LogP contribution is 2.34. The fraction of sp³-hybridized carbons (Fsp3) is 0.533. The minimum Gasteiger partial charge on any atom is -0.494 e. The molecule has 1 heterocycles. The standard InChI is InChI=1S/C15H20FNO4/c1-15(10-14(18)19,17-5-7-21-8-6-17)11-3-4-13(20-2)12(16)9-11/h3-4,9H,5-8,10H2,1-2H3,(H,18,19). The summed E-state index contributed by atoms with van der Waals surface area (Å²) in [6.45, 7) is 4.17. The van der Waals surface area contributed by atoms with Crippen molar-refractivity contribution in [3.05, 3.63) is 29.6 Å². The van der Waals surface area contributed by atoms with Gasteiger partial charge < -0.3 is 14.6 Å². The molecule has 0 aromatic heterocycles. The second-order valence-corrected chi connectivity index (χ2v) is 5.29. The van der Waals surface area contributed by atoms with Crippen LogP contribution in [0.5, 0.6) is 5.75 Å². The second-order valence-electron chi connectivity index (χ2n) is 5.29. The lowest BCUT2D eigenvalue weighted by Gasteiger charge is -2.43. The molecule has 6 heteroatoms. The summed E-state index contributed by atoms with van der Waals surface area (Å²) in [6.07, 6.45) is -0.0984. The molecule has 1 aliphatic rings. The molecule has 21 heavy (non-hydrogen) atoms. The van der Waals surface area contributed by atoms with Crippen LogP contribution in [0, 0.1) is 5.82 Å². The summed E-state index contributed by atoms with van der Waals surface area (Å²) in [5, 5.41) is 9.23. The van der Waals surface area contributed by atoms with Crippen LogP contribution in [0.3, 0.4) is 0 Å². The van der Waals surface area contributed by atoms with Crippen molar-refractivity contribution in [3.8, 4) is 5.75 Å². The average Bonchev–Trinajstić information content (AvgIpc) is 2.47. The van der Waals surface area contributed by atoms with Gasteiger partial charge in [0.1, 0.15) is 0 Å². The van der Waals surface area contributed by atoms with E-state index in [9.17, 15) is 14.3 Å². The Morgan fingerprint density at radius 3 is 2.67 bits per heavy atom. The van der Waals surface area contributed by atoms with Crippen LogP contribution in [0.25, 0.3) is 0 Å². The lowest BCUT2D eigenvalue weighted by Crippen LogP contribution is -2.50. The van der Waals surface area contributed by atoms with Crippen molar-refractivity contribution in [3.63, 3.8) is 0 Å². The molecule has 1 atom stereocenters. The van der Waals surface area contributed by atoms with Gasteiger partial charge in [-0.15, -0.1) is 0 Å². The third-order valence-corrected chi connectivity index (χ3v) is 3.98. The number of morpholine rings is 1. The first-order chi connectivity index (χ1) is 9.97. The van der Waals surface area contributed by atoms with Crippen LogP contribution < -0.4 is 4.74 Å². The molecular weight excluding hydrogens is 277 g/mol. The van der Waals surface area contributed by atoms with Crippen molar-refractivity contribution >= 4 is 5.97 Å². The van der Waals surface area contributed by atoms with Gasteiger partial charge in [-0.3, -0.25) is 9.69 Å². The third-order valence-electron chi connectivity index (χ3n) is 3.98. The SMILES string of the molecule is COc1ccc(C(C)(CC(=O)O)N2CCOCC2)cc1F. The van der Waals surface area contributed by atoms with E-state index in [-0.39, 0.29) is 12.2 Å². The number of aliphatic carboxylic acids is 1. The van der Waals surface area contributed by atoms with Crippen LogP contribution in [0.4, 0.5) is 4.39 Å². The number of hydrogen-bond donors (Lipinski definition) is 1. The summed E-state index contributed by atoms with van der Waals surface area (Å²) in [5.74, 6) is -1.25. The van der Waals surface area contributed by atoms with Gasteiger partial charge in [-0.2, -0.15) is 0 Å². The minimum atomic E-state index is -0.916. The number of carboxylic acids is 1. The maximum Gasteiger partial charge on any atom is 0.305 e. The lowest BCUT2D eigenvalue weighted by atomic mass is 9.86. The Morgan fingerprint density at radius 1 is 1.48 bits per heavy atom. The van der Waals surface area contributed by atoms with E-state index in [1.807, 2.05) is 11.8 Å². The molecule has 2 rings (SSSR count). The molecule has 1 N–H and O–H groups in total. The lowest BCUT2D eigenvalue weighted by molar-refractivity contribution is -0.141. The number of nitrogens with zero attached hydrogens (tertiary/aromatic N) is 1. The average molecular weight is 297 g/mol. The van der Waals surface area contributed by atoms with Crippen molar-refractivity contribution in [1.82, 2.24) is 4.90 Å². The van der Waals surface area contributed by atoms with E-state index in [0.717, 1.165) is 0 Å². The number of carbonyl (C=O) groups is 1. The minimum absolute atomic E-state index is 0.0984. The zero-order valence-electron chi connectivity index (χ0n) is 12.3. The predicted octanol–water partition coefficient (Wildman–Crippen LogP) is 1.86. The fourth-order valence-electron chi connectivity index (χ4n) is 2.75. The van der Waals surface area contributed by atoms with Crippen LogP contribution in [-0.2, 0) is 15.1 Å². The van der Waals surface area contributed by atoms with Gasteiger partial charge in [0.2, 0.25) is 0 Å². The smallest absolute Gasteiger partial charge is 0.305 e. The number of ether oxygens (including phenoxy) is 2. The molecule has 116 valence electrons. The van der Waals surface area contributed by atoms with Crippen molar-refractivity contribution in [1.29, 1.82) is 0 Å². The summed E-state index contributed by atoms with van der Waals surface area (Å²) in [4.78, 5) is 13.3. The topological polar surface area (TPSA) is 59.0 Å². The van der Waals surface area contributed by atoms with E-state index in [1.54, 1.807) is 6.07 Å². The second kappa shape index (κ2) is 6.41. The van der Waals surface area contributed by atoms with Gasteiger partial charge in [0.05, 0.1) is 32.3 Å². The van der Waals surface area contributed by atoms with Crippen molar-refractivity contribution in [2.24, 2.45) is 0 Å². The Balaban J connectivity index is 2.38. The highest BCUT2D eigenvalue weighted by molar-refractivity contribution is 5.69. The molecule has 0 aliphatic carbocycles. The number of halogens is 1. The first-order valence-corrected chi connectivity index (χ1v) is 6.86. The Kier molecular flexibility index (Phi) is 4.80. The molecule has 1 aromatic carbocycles. The Labute approximate surface area is 123 Å². The maximum absolute atomic E-state index is 14.0. The maximum atomic E-state index is 14.0. The van der Waals surface area contributed by atoms with E-state index in [0.29, 0.717) is 31.9 Å². The molecule has 1 fully saturated rings. The van der Waals surface area contributed by atoms with Crippen LogP contribution in [0.2, 0.25) is 0 Å². The molecule has 0 bridgehead atoms. The zero-order valence-corrected chi connectivity index (χ0v) is 12.3. The van der Waals surface area contributed by atoms with Gasteiger partial charge in [0.25, 0.3) is 0 Å². The number of benzene rings is 1. The summed E-state index contributed by atoms with van der Waals surface area (Å²) < 4.78 is 24.2. The molecule has 1 saturated heterocycles. The third kappa shape index (κ3) is 3.33. The summed E-state index contributed by atoms with van der Waals surface area (Å²) in [6, 6.07) is 4.61. The molecule has 0 amide bonds. The van der Waals surface area contributed by atoms with E-state index >= 15 is 0 Å². The fourth-order valence-corrected chi connectivity index (χ4v) is 2.75. The largest absolute Gasteiger partial charge is 0.494 e. The number of methoxy groups -OCH3 is 1. The normalized spacial score (nSPS) is 19.0. The predicted molar refractivity (Wildman–Crippen MR) is 74.9 cm³/mol. The van der Waals surface area contributed by atoms with E-state index in [1.165, 1.54) is 19.2 Å². The van der Waals surface area contributed by atoms with Gasteiger partial charge in [-0.1, -0.05) is 6.07 Å². The Morgan fingerprint density at radius 2 is 2.14 bits per heavy atom. The van der Waals surface area contributed by atoms with Gasteiger partial charge in [0, 0.05) is 13.1 Å². The molecule has 1 unspecified atom stereocenters. The molecule has 5 nitrogen and oxygen atoms in total. The molecule has 0 saturated carbocycles. The summed E-state index contributed by atoms with van der Waals surface area (Å²) in [5.41, 5.74) is -0.145. The Bertz CT molecular complexity index is 516. The van der Waals surface area contributed by atoms with E-state index in [2.05, 4.69) is 0 Å².